The van der Waals surface area contributed by atoms with Gasteiger partial charge in [-0.3, -0.25) is 9.89 Å². The average molecular weight is 322 g/mol. The van der Waals surface area contributed by atoms with E-state index in [0.29, 0.717) is 6.42 Å². The Balaban J connectivity index is 2.02. The molecule has 0 radical (unpaired) electrons. The van der Waals surface area contributed by atoms with Gasteiger partial charge in [-0.2, -0.15) is 5.10 Å². The first-order valence-corrected chi connectivity index (χ1v) is 8.03. The van der Waals surface area contributed by atoms with Gasteiger partial charge in [0.2, 0.25) is 5.91 Å². The highest BCUT2D eigenvalue weighted by molar-refractivity contribution is 5.86. The van der Waals surface area contributed by atoms with Crippen molar-refractivity contribution in [1.29, 1.82) is 0 Å². The minimum atomic E-state index is -0.700. The molecule has 1 fully saturated rings. The summed E-state index contributed by atoms with van der Waals surface area (Å²) in [6.07, 6.45) is 4.22. The number of hydrogen-bond acceptors (Lipinski definition) is 4. The predicted octanol–water partition coefficient (Wildman–Crippen LogP) is 1.90. The van der Waals surface area contributed by atoms with Gasteiger partial charge in [0.15, 0.2) is 0 Å². The number of rotatable bonds is 6. The van der Waals surface area contributed by atoms with Crippen LogP contribution in [-0.2, 0) is 16.0 Å². The first kappa shape index (κ1) is 17.3. The highest BCUT2D eigenvalue weighted by Gasteiger charge is 2.43. The maximum absolute atomic E-state index is 12.6. The second kappa shape index (κ2) is 6.60. The number of hydrogen-bond donors (Lipinski definition) is 3. The third-order valence-corrected chi connectivity index (χ3v) is 3.91. The van der Waals surface area contributed by atoms with Crippen LogP contribution in [0.1, 0.15) is 52.7 Å². The molecule has 23 heavy (non-hydrogen) atoms. The SMILES string of the molecule is CCC1(NC(=O)C(Cc2ccn[nH]2)NC(=O)OC(C)(C)C)CC1. The van der Waals surface area contributed by atoms with Crippen molar-refractivity contribution in [2.24, 2.45) is 0 Å². The van der Waals surface area contributed by atoms with Gasteiger partial charge in [0.05, 0.1) is 0 Å². The van der Waals surface area contributed by atoms with E-state index in [1.165, 1.54) is 0 Å². The zero-order valence-corrected chi connectivity index (χ0v) is 14.2. The van der Waals surface area contributed by atoms with Crippen molar-refractivity contribution < 1.29 is 14.3 Å². The molecule has 0 aliphatic heterocycles. The van der Waals surface area contributed by atoms with Crippen LogP contribution < -0.4 is 10.6 Å². The first-order valence-electron chi connectivity index (χ1n) is 8.03. The lowest BCUT2D eigenvalue weighted by atomic mass is 10.1. The molecule has 1 saturated carbocycles. The molecule has 0 saturated heterocycles. The van der Waals surface area contributed by atoms with Crippen LogP contribution in [0.2, 0.25) is 0 Å². The number of alkyl carbamates (subject to hydrolysis) is 1. The van der Waals surface area contributed by atoms with Gasteiger partial charge in [-0.1, -0.05) is 6.92 Å². The number of H-pyrrole nitrogens is 1. The molecular weight excluding hydrogens is 296 g/mol. The summed E-state index contributed by atoms with van der Waals surface area (Å²) in [5, 5.41) is 12.4. The Labute approximate surface area is 136 Å². The zero-order valence-electron chi connectivity index (χ0n) is 14.2. The smallest absolute Gasteiger partial charge is 0.408 e. The molecule has 128 valence electrons. The number of aromatic amines is 1. The normalized spacial score (nSPS) is 17.2. The molecule has 1 heterocycles. The van der Waals surface area contributed by atoms with Crippen LogP contribution in [0.3, 0.4) is 0 Å². The van der Waals surface area contributed by atoms with Crippen molar-refractivity contribution in [2.75, 3.05) is 0 Å². The van der Waals surface area contributed by atoms with E-state index >= 15 is 0 Å². The lowest BCUT2D eigenvalue weighted by molar-refractivity contribution is -0.124. The summed E-state index contributed by atoms with van der Waals surface area (Å²) in [6, 6.07) is 1.08. The fourth-order valence-corrected chi connectivity index (χ4v) is 2.34. The number of aromatic nitrogens is 2. The van der Waals surface area contributed by atoms with Crippen LogP contribution in [-0.4, -0.2) is 39.4 Å². The highest BCUT2D eigenvalue weighted by atomic mass is 16.6. The van der Waals surface area contributed by atoms with Gasteiger partial charge in [0.25, 0.3) is 0 Å². The minimum Gasteiger partial charge on any atom is -0.444 e. The summed E-state index contributed by atoms with van der Waals surface area (Å²) >= 11 is 0. The van der Waals surface area contributed by atoms with Gasteiger partial charge >= 0.3 is 6.09 Å². The monoisotopic (exact) mass is 322 g/mol. The van der Waals surface area contributed by atoms with E-state index in [1.54, 1.807) is 33.0 Å². The molecular formula is C16H26N4O3. The number of amides is 2. The van der Waals surface area contributed by atoms with Gasteiger partial charge in [0.1, 0.15) is 11.6 Å². The summed E-state index contributed by atoms with van der Waals surface area (Å²) in [5.41, 5.74) is 0.0710. The molecule has 0 bridgehead atoms. The largest absolute Gasteiger partial charge is 0.444 e. The lowest BCUT2D eigenvalue weighted by Gasteiger charge is -2.24. The molecule has 7 heteroatoms. The van der Waals surface area contributed by atoms with E-state index in [9.17, 15) is 9.59 Å². The summed E-state index contributed by atoms with van der Waals surface area (Å²) in [4.78, 5) is 24.6. The minimum absolute atomic E-state index is 0.0983. The van der Waals surface area contributed by atoms with E-state index in [2.05, 4.69) is 27.8 Å². The second-order valence-electron chi connectivity index (χ2n) is 7.11. The maximum Gasteiger partial charge on any atom is 0.408 e. The summed E-state index contributed by atoms with van der Waals surface area (Å²) < 4.78 is 5.25. The molecule has 2 rings (SSSR count). The molecule has 0 aromatic carbocycles. The van der Waals surface area contributed by atoms with Crippen molar-refractivity contribution in [2.45, 2.75) is 70.6 Å². The molecule has 1 aromatic rings. The van der Waals surface area contributed by atoms with E-state index < -0.39 is 17.7 Å². The predicted molar refractivity (Wildman–Crippen MR) is 85.8 cm³/mol. The Kier molecular flexibility index (Phi) is 4.97. The van der Waals surface area contributed by atoms with Crippen LogP contribution in [0, 0.1) is 0 Å². The number of ether oxygens (including phenoxy) is 1. The molecule has 0 spiro atoms. The van der Waals surface area contributed by atoms with Crippen LogP contribution in [0.15, 0.2) is 12.3 Å². The summed E-state index contributed by atoms with van der Waals surface area (Å²) in [5.74, 6) is -0.190. The molecule has 1 aliphatic rings. The number of nitrogens with one attached hydrogen (secondary N) is 3. The maximum atomic E-state index is 12.6. The summed E-state index contributed by atoms with van der Waals surface area (Å²) in [6.45, 7) is 7.41. The van der Waals surface area contributed by atoms with Crippen LogP contribution in [0.4, 0.5) is 4.79 Å². The van der Waals surface area contributed by atoms with Crippen molar-refractivity contribution in [3.8, 4) is 0 Å². The number of nitrogens with zero attached hydrogens (tertiary/aromatic N) is 1. The second-order valence-corrected chi connectivity index (χ2v) is 7.11. The Hall–Kier alpha value is -2.05. The van der Waals surface area contributed by atoms with Gasteiger partial charge in [0, 0.05) is 23.9 Å². The number of carbonyl (C=O) groups is 2. The van der Waals surface area contributed by atoms with Gasteiger partial charge in [-0.15, -0.1) is 0 Å². The number of carbonyl (C=O) groups excluding carboxylic acids is 2. The fraction of sp³-hybridized carbons (Fsp3) is 0.688. The average Bonchev–Trinajstić information content (AvgIpc) is 3.01. The van der Waals surface area contributed by atoms with Crippen molar-refractivity contribution in [1.82, 2.24) is 20.8 Å². The zero-order chi connectivity index (χ0) is 17.1. The molecule has 3 N–H and O–H groups in total. The fourth-order valence-electron chi connectivity index (χ4n) is 2.34. The summed E-state index contributed by atoms with van der Waals surface area (Å²) in [7, 11) is 0. The molecule has 1 aliphatic carbocycles. The van der Waals surface area contributed by atoms with Gasteiger partial charge in [-0.25, -0.2) is 4.79 Å². The van der Waals surface area contributed by atoms with Gasteiger partial charge < -0.3 is 15.4 Å². The highest BCUT2D eigenvalue weighted by Crippen LogP contribution is 2.38. The first-order chi connectivity index (χ1) is 10.7. The molecule has 1 unspecified atom stereocenters. The molecule has 1 atom stereocenters. The van der Waals surface area contributed by atoms with Crippen LogP contribution >= 0.6 is 0 Å². The third kappa shape index (κ3) is 5.26. The van der Waals surface area contributed by atoms with Crippen LogP contribution in [0.25, 0.3) is 0 Å². The Morgan fingerprint density at radius 1 is 1.43 bits per heavy atom. The lowest BCUT2D eigenvalue weighted by Crippen LogP contribution is -2.52. The Morgan fingerprint density at radius 3 is 2.61 bits per heavy atom. The Bertz CT molecular complexity index is 544. The van der Waals surface area contributed by atoms with Crippen molar-refractivity contribution in [3.63, 3.8) is 0 Å². The van der Waals surface area contributed by atoms with E-state index in [0.717, 1.165) is 25.0 Å². The van der Waals surface area contributed by atoms with E-state index in [4.69, 9.17) is 4.74 Å². The molecule has 1 aromatic heterocycles. The standard InChI is InChI=1S/C16H26N4O3/c1-5-16(7-8-16)19-13(21)12(10-11-6-9-17-20-11)18-14(22)23-15(2,3)4/h6,9,12H,5,7-8,10H2,1-4H3,(H,17,20)(H,18,22)(H,19,21). The topological polar surface area (TPSA) is 96.1 Å². The third-order valence-electron chi connectivity index (χ3n) is 3.91. The Morgan fingerprint density at radius 2 is 2.13 bits per heavy atom. The molecule has 2 amide bonds. The van der Waals surface area contributed by atoms with Gasteiger partial charge in [-0.05, 0) is 46.1 Å². The molecule has 7 nitrogen and oxygen atoms in total. The van der Waals surface area contributed by atoms with Crippen LogP contribution in [0.5, 0.6) is 0 Å². The van der Waals surface area contributed by atoms with Crippen molar-refractivity contribution >= 4 is 12.0 Å². The van der Waals surface area contributed by atoms with Crippen molar-refractivity contribution in [3.05, 3.63) is 18.0 Å². The quantitative estimate of drug-likeness (QED) is 0.745. The van der Waals surface area contributed by atoms with E-state index in [1.807, 2.05) is 0 Å². The van der Waals surface area contributed by atoms with E-state index in [-0.39, 0.29) is 11.4 Å².